The normalized spacial score (nSPS) is 15.6. The molecule has 25 heavy (non-hydrogen) atoms. The number of benzene rings is 2. The van der Waals surface area contributed by atoms with Gasteiger partial charge in [0.1, 0.15) is 18.1 Å². The van der Waals surface area contributed by atoms with Crippen LogP contribution in [0.2, 0.25) is 0 Å². The van der Waals surface area contributed by atoms with Gasteiger partial charge in [0.2, 0.25) is 0 Å². The number of hydrogen-bond acceptors (Lipinski definition) is 3. The molecule has 5 heteroatoms. The number of nitrogens with zero attached hydrogens (tertiary/aromatic N) is 1. The highest BCUT2D eigenvalue weighted by molar-refractivity contribution is 7.80. The molecule has 4 nitrogen and oxygen atoms in total. The first kappa shape index (κ1) is 17.2. The third-order valence-electron chi connectivity index (χ3n) is 4.01. The maximum Gasteiger partial charge on any atom is 0.276 e. The van der Waals surface area contributed by atoms with E-state index in [1.54, 1.807) is 6.08 Å². The Morgan fingerprint density at radius 2 is 1.88 bits per heavy atom. The average molecular weight is 352 g/mol. The first-order chi connectivity index (χ1) is 12.1. The van der Waals surface area contributed by atoms with Crippen LogP contribution >= 0.6 is 12.2 Å². The lowest BCUT2D eigenvalue weighted by Crippen LogP contribution is -2.30. The Balaban J connectivity index is 1.79. The van der Waals surface area contributed by atoms with E-state index in [0.717, 1.165) is 16.9 Å². The van der Waals surface area contributed by atoms with Crippen molar-refractivity contribution in [1.82, 2.24) is 10.2 Å². The van der Waals surface area contributed by atoms with Crippen LogP contribution in [0.25, 0.3) is 6.08 Å². The van der Waals surface area contributed by atoms with E-state index >= 15 is 0 Å². The Kier molecular flexibility index (Phi) is 5.14. The lowest BCUT2D eigenvalue weighted by atomic mass is 10.1. The van der Waals surface area contributed by atoms with Crippen molar-refractivity contribution in [2.45, 2.75) is 20.5 Å². The van der Waals surface area contributed by atoms with E-state index in [1.807, 2.05) is 31.2 Å². The summed E-state index contributed by atoms with van der Waals surface area (Å²) >= 11 is 5.19. The number of para-hydroxylation sites is 1. The van der Waals surface area contributed by atoms with Gasteiger partial charge >= 0.3 is 0 Å². The molecule has 0 saturated carbocycles. The predicted molar refractivity (Wildman–Crippen MR) is 103 cm³/mol. The van der Waals surface area contributed by atoms with Crippen molar-refractivity contribution in [3.8, 4) is 5.75 Å². The monoisotopic (exact) mass is 352 g/mol. The van der Waals surface area contributed by atoms with Crippen LogP contribution in [0.15, 0.2) is 54.2 Å². The van der Waals surface area contributed by atoms with E-state index in [0.29, 0.717) is 24.0 Å². The van der Waals surface area contributed by atoms with Crippen molar-refractivity contribution in [3.63, 3.8) is 0 Å². The van der Waals surface area contributed by atoms with Crippen molar-refractivity contribution in [2.24, 2.45) is 0 Å². The molecule has 1 fully saturated rings. The number of hydrogen-bond donors (Lipinski definition) is 1. The van der Waals surface area contributed by atoms with Crippen molar-refractivity contribution < 1.29 is 9.53 Å². The molecule has 0 aliphatic carbocycles. The molecule has 3 rings (SSSR count). The zero-order valence-corrected chi connectivity index (χ0v) is 15.1. The van der Waals surface area contributed by atoms with Crippen LogP contribution in [0.3, 0.4) is 0 Å². The van der Waals surface area contributed by atoms with Crippen LogP contribution < -0.4 is 10.1 Å². The second kappa shape index (κ2) is 7.49. The van der Waals surface area contributed by atoms with Crippen molar-refractivity contribution in [3.05, 3.63) is 70.9 Å². The van der Waals surface area contributed by atoms with Gasteiger partial charge in [0.05, 0.1) is 0 Å². The number of likely N-dealkylation sites (N-methyl/N-ethyl adjacent to an activating group) is 1. The van der Waals surface area contributed by atoms with Crippen molar-refractivity contribution in [1.29, 1.82) is 0 Å². The van der Waals surface area contributed by atoms with Gasteiger partial charge in [0.25, 0.3) is 5.91 Å². The molecule has 1 heterocycles. The molecule has 0 atom stereocenters. The smallest absolute Gasteiger partial charge is 0.276 e. The SMILES string of the molecule is CCN1C(=O)/C(=C/c2ccccc2OCc2ccc(C)cc2)NC1=S. The molecule has 0 aromatic heterocycles. The second-order valence-corrected chi connectivity index (χ2v) is 6.24. The Hall–Kier alpha value is -2.66. The number of carbonyl (C=O) groups is 1. The van der Waals surface area contributed by atoms with Crippen LogP contribution in [0, 0.1) is 6.92 Å². The Morgan fingerprint density at radius 1 is 1.16 bits per heavy atom. The highest BCUT2D eigenvalue weighted by Gasteiger charge is 2.29. The molecule has 2 aromatic rings. The minimum absolute atomic E-state index is 0.110. The molecule has 1 N–H and O–H groups in total. The van der Waals surface area contributed by atoms with E-state index in [9.17, 15) is 4.79 Å². The summed E-state index contributed by atoms with van der Waals surface area (Å²) in [7, 11) is 0. The highest BCUT2D eigenvalue weighted by atomic mass is 32.1. The number of aryl methyl sites for hydroxylation is 1. The van der Waals surface area contributed by atoms with Crippen LogP contribution in [-0.4, -0.2) is 22.5 Å². The minimum atomic E-state index is -0.110. The highest BCUT2D eigenvalue weighted by Crippen LogP contribution is 2.23. The Labute approximate surface area is 153 Å². The van der Waals surface area contributed by atoms with Crippen molar-refractivity contribution >= 4 is 29.3 Å². The van der Waals surface area contributed by atoms with Gasteiger partial charge in [-0.2, -0.15) is 0 Å². The van der Waals surface area contributed by atoms with Crippen LogP contribution in [-0.2, 0) is 11.4 Å². The summed E-state index contributed by atoms with van der Waals surface area (Å²) in [6.07, 6.45) is 1.79. The summed E-state index contributed by atoms with van der Waals surface area (Å²) in [5.74, 6) is 0.617. The van der Waals surface area contributed by atoms with E-state index < -0.39 is 0 Å². The summed E-state index contributed by atoms with van der Waals surface area (Å²) in [6, 6.07) is 15.9. The summed E-state index contributed by atoms with van der Waals surface area (Å²) in [6.45, 7) is 4.98. The maximum atomic E-state index is 12.3. The molecule has 0 bridgehead atoms. The molecule has 0 radical (unpaired) electrons. The van der Waals surface area contributed by atoms with Crippen molar-refractivity contribution in [2.75, 3.05) is 6.54 Å². The topological polar surface area (TPSA) is 41.6 Å². The fraction of sp³-hybridized carbons (Fsp3) is 0.200. The van der Waals surface area contributed by atoms with Crippen LogP contribution in [0.5, 0.6) is 5.75 Å². The lowest BCUT2D eigenvalue weighted by Gasteiger charge is -2.10. The zero-order chi connectivity index (χ0) is 17.8. The Bertz CT molecular complexity index is 828. The molecular weight excluding hydrogens is 332 g/mol. The van der Waals surface area contributed by atoms with Gasteiger partial charge in [0, 0.05) is 12.1 Å². The van der Waals surface area contributed by atoms with Gasteiger partial charge < -0.3 is 10.1 Å². The van der Waals surface area contributed by atoms with Gasteiger partial charge in [-0.1, -0.05) is 48.0 Å². The molecule has 0 unspecified atom stereocenters. The molecule has 2 aromatic carbocycles. The summed E-state index contributed by atoms with van der Waals surface area (Å²) in [5.41, 5.74) is 3.63. The number of carbonyl (C=O) groups excluding carboxylic acids is 1. The van der Waals surface area contributed by atoms with E-state index in [-0.39, 0.29) is 5.91 Å². The molecule has 1 aliphatic rings. The molecule has 1 saturated heterocycles. The van der Waals surface area contributed by atoms with E-state index in [4.69, 9.17) is 17.0 Å². The van der Waals surface area contributed by atoms with Crippen LogP contribution in [0.1, 0.15) is 23.6 Å². The van der Waals surface area contributed by atoms with Gasteiger partial charge in [-0.15, -0.1) is 0 Å². The minimum Gasteiger partial charge on any atom is -0.488 e. The molecular formula is C20H20N2O2S. The summed E-state index contributed by atoms with van der Waals surface area (Å²) in [5, 5.41) is 3.42. The van der Waals surface area contributed by atoms with E-state index in [2.05, 4.69) is 36.5 Å². The Morgan fingerprint density at radius 3 is 2.56 bits per heavy atom. The number of nitrogens with one attached hydrogen (secondary N) is 1. The standard InChI is InChI=1S/C20H20N2O2S/c1-3-22-19(23)17(21-20(22)25)12-16-6-4-5-7-18(16)24-13-15-10-8-14(2)9-11-15/h4-12H,3,13H2,1-2H3,(H,21,25)/b17-12-. The number of thiocarbonyl (C=S) groups is 1. The van der Waals surface area contributed by atoms with Crippen LogP contribution in [0.4, 0.5) is 0 Å². The lowest BCUT2D eigenvalue weighted by molar-refractivity contribution is -0.122. The molecule has 0 spiro atoms. The quantitative estimate of drug-likeness (QED) is 0.659. The maximum absolute atomic E-state index is 12.3. The number of ether oxygens (including phenoxy) is 1. The first-order valence-electron chi connectivity index (χ1n) is 8.20. The van der Waals surface area contributed by atoms with E-state index in [1.165, 1.54) is 10.5 Å². The van der Waals surface area contributed by atoms with Gasteiger partial charge in [0.15, 0.2) is 5.11 Å². The fourth-order valence-corrected chi connectivity index (χ4v) is 2.91. The third kappa shape index (κ3) is 3.88. The van der Waals surface area contributed by atoms with Gasteiger partial charge in [-0.25, -0.2) is 0 Å². The predicted octanol–water partition coefficient (Wildman–Crippen LogP) is 3.65. The van der Waals surface area contributed by atoms with Gasteiger partial charge in [-0.05, 0) is 43.8 Å². The molecule has 128 valence electrons. The number of amides is 1. The average Bonchev–Trinajstić information content (AvgIpc) is 2.88. The third-order valence-corrected chi connectivity index (χ3v) is 4.33. The molecule has 1 amide bonds. The number of rotatable bonds is 5. The first-order valence-corrected chi connectivity index (χ1v) is 8.61. The largest absolute Gasteiger partial charge is 0.488 e. The summed E-state index contributed by atoms with van der Waals surface area (Å²) < 4.78 is 5.96. The summed E-state index contributed by atoms with van der Waals surface area (Å²) in [4.78, 5) is 13.9. The second-order valence-electron chi connectivity index (χ2n) is 5.85. The van der Waals surface area contributed by atoms with Gasteiger partial charge in [-0.3, -0.25) is 9.69 Å². The zero-order valence-electron chi connectivity index (χ0n) is 14.3. The fourth-order valence-electron chi connectivity index (χ4n) is 2.59. The molecule has 1 aliphatic heterocycles.